The van der Waals surface area contributed by atoms with Crippen molar-refractivity contribution in [2.75, 3.05) is 0 Å². The molecule has 1 saturated heterocycles. The number of fused-ring (bicyclic) bond motifs is 1. The first-order chi connectivity index (χ1) is 10.1. The van der Waals surface area contributed by atoms with Gasteiger partial charge in [0.25, 0.3) is 0 Å². The number of hydrogen-bond acceptors (Lipinski definition) is 5. The minimum atomic E-state index is -0.775. The van der Waals surface area contributed by atoms with Crippen LogP contribution in [0.5, 0.6) is 0 Å². The summed E-state index contributed by atoms with van der Waals surface area (Å²) in [7, 11) is 0. The smallest absolute Gasteiger partial charge is 0.408 e. The number of nitrogens with zero attached hydrogens (tertiary/aromatic N) is 1. The molecule has 108 valence electrons. The van der Waals surface area contributed by atoms with Crippen molar-refractivity contribution in [2.24, 2.45) is 0 Å². The SMILES string of the molecule is O=CCc1ccc2oc(=O)n(C3CCC(=O)NC3=O)c2c1. The number of carbonyl (C=O) groups excluding carboxylic acids is 3. The van der Waals surface area contributed by atoms with Crippen molar-refractivity contribution in [3.8, 4) is 0 Å². The maximum Gasteiger partial charge on any atom is 0.420 e. The van der Waals surface area contributed by atoms with Crippen LogP contribution in [0, 0.1) is 0 Å². The molecule has 1 unspecified atom stereocenters. The van der Waals surface area contributed by atoms with Crippen molar-refractivity contribution < 1.29 is 18.8 Å². The highest BCUT2D eigenvalue weighted by Gasteiger charge is 2.31. The zero-order valence-corrected chi connectivity index (χ0v) is 11.0. The number of nitrogens with one attached hydrogen (secondary N) is 1. The maximum absolute atomic E-state index is 12.0. The van der Waals surface area contributed by atoms with Crippen LogP contribution in [0.15, 0.2) is 27.4 Å². The lowest BCUT2D eigenvalue weighted by Gasteiger charge is -2.21. The molecule has 1 N–H and O–H groups in total. The van der Waals surface area contributed by atoms with Crippen LogP contribution in [0.1, 0.15) is 24.4 Å². The van der Waals surface area contributed by atoms with E-state index in [9.17, 15) is 19.2 Å². The Hall–Kier alpha value is -2.70. The molecule has 7 nitrogen and oxygen atoms in total. The largest absolute Gasteiger partial charge is 0.420 e. The summed E-state index contributed by atoms with van der Waals surface area (Å²) in [6, 6.07) is 4.16. The third kappa shape index (κ3) is 2.26. The van der Waals surface area contributed by atoms with E-state index in [0.717, 1.165) is 11.8 Å². The quantitative estimate of drug-likeness (QED) is 0.647. The summed E-state index contributed by atoms with van der Waals surface area (Å²) >= 11 is 0. The summed E-state index contributed by atoms with van der Waals surface area (Å²) in [4.78, 5) is 45.7. The van der Waals surface area contributed by atoms with Crippen LogP contribution >= 0.6 is 0 Å². The lowest BCUT2D eigenvalue weighted by atomic mass is 10.1. The van der Waals surface area contributed by atoms with Gasteiger partial charge in [0.15, 0.2) is 5.58 Å². The van der Waals surface area contributed by atoms with E-state index in [2.05, 4.69) is 5.32 Å². The molecule has 0 spiro atoms. The second kappa shape index (κ2) is 5.01. The molecule has 1 aromatic carbocycles. The van der Waals surface area contributed by atoms with Gasteiger partial charge in [0, 0.05) is 12.8 Å². The zero-order chi connectivity index (χ0) is 15.0. The number of rotatable bonds is 3. The maximum atomic E-state index is 12.0. The molecule has 1 aliphatic rings. The molecule has 1 atom stereocenters. The second-order valence-electron chi connectivity index (χ2n) is 4.88. The Morgan fingerprint density at radius 3 is 2.86 bits per heavy atom. The Bertz CT molecular complexity index is 801. The summed E-state index contributed by atoms with van der Waals surface area (Å²) in [5, 5.41) is 2.21. The molecular formula is C14H12N2O5. The third-order valence-electron chi connectivity index (χ3n) is 3.52. The van der Waals surface area contributed by atoms with Gasteiger partial charge >= 0.3 is 5.76 Å². The molecule has 1 fully saturated rings. The zero-order valence-electron chi connectivity index (χ0n) is 11.0. The van der Waals surface area contributed by atoms with Crippen LogP contribution in [-0.4, -0.2) is 22.7 Å². The van der Waals surface area contributed by atoms with Crippen molar-refractivity contribution in [2.45, 2.75) is 25.3 Å². The number of piperidine rings is 1. The molecule has 2 amide bonds. The normalized spacial score (nSPS) is 18.8. The molecule has 7 heteroatoms. The van der Waals surface area contributed by atoms with Gasteiger partial charge in [-0.25, -0.2) is 4.79 Å². The van der Waals surface area contributed by atoms with Crippen molar-refractivity contribution >= 4 is 29.2 Å². The predicted octanol–water partition coefficient (Wildman–Crippen LogP) is 0.314. The standard InChI is InChI=1S/C14H12N2O5/c17-6-5-8-1-3-11-10(7-8)16(14(20)21-11)9-2-4-12(18)15-13(9)19/h1,3,6-7,9H,2,4-5H2,(H,15,18,19). The first kappa shape index (κ1) is 13.3. The lowest BCUT2D eigenvalue weighted by molar-refractivity contribution is -0.135. The third-order valence-corrected chi connectivity index (χ3v) is 3.52. The van der Waals surface area contributed by atoms with Gasteiger partial charge in [0.05, 0.1) is 5.52 Å². The van der Waals surface area contributed by atoms with Crippen LogP contribution < -0.4 is 11.1 Å². The highest BCUT2D eigenvalue weighted by Crippen LogP contribution is 2.23. The highest BCUT2D eigenvalue weighted by atomic mass is 16.4. The molecule has 0 bridgehead atoms. The first-order valence-electron chi connectivity index (χ1n) is 6.51. The van der Waals surface area contributed by atoms with Crippen LogP contribution in [0.2, 0.25) is 0 Å². The molecule has 0 radical (unpaired) electrons. The van der Waals surface area contributed by atoms with E-state index >= 15 is 0 Å². The molecule has 0 saturated carbocycles. The number of aromatic nitrogens is 1. The average Bonchev–Trinajstić information content (AvgIpc) is 2.75. The van der Waals surface area contributed by atoms with Crippen molar-refractivity contribution in [1.82, 2.24) is 9.88 Å². The van der Waals surface area contributed by atoms with Crippen molar-refractivity contribution in [1.29, 1.82) is 0 Å². The van der Waals surface area contributed by atoms with Gasteiger partial charge in [-0.05, 0) is 24.1 Å². The number of hydrogen-bond donors (Lipinski definition) is 1. The molecule has 1 aliphatic heterocycles. The number of imide groups is 1. The van der Waals surface area contributed by atoms with Crippen LogP contribution in [0.4, 0.5) is 0 Å². The summed E-state index contributed by atoms with van der Waals surface area (Å²) in [6.45, 7) is 0. The van der Waals surface area contributed by atoms with Gasteiger partial charge in [0.2, 0.25) is 11.8 Å². The minimum Gasteiger partial charge on any atom is -0.408 e. The number of benzene rings is 1. The Labute approximate surface area is 118 Å². The van der Waals surface area contributed by atoms with E-state index in [0.29, 0.717) is 11.1 Å². The predicted molar refractivity (Wildman–Crippen MR) is 71.7 cm³/mol. The monoisotopic (exact) mass is 288 g/mol. The van der Waals surface area contributed by atoms with E-state index in [1.54, 1.807) is 18.2 Å². The fourth-order valence-corrected chi connectivity index (χ4v) is 2.53. The Kier molecular flexibility index (Phi) is 3.17. The Morgan fingerprint density at radius 1 is 1.33 bits per heavy atom. The average molecular weight is 288 g/mol. The van der Waals surface area contributed by atoms with Crippen LogP contribution in [-0.2, 0) is 20.8 Å². The van der Waals surface area contributed by atoms with Crippen LogP contribution in [0.25, 0.3) is 11.1 Å². The second-order valence-corrected chi connectivity index (χ2v) is 4.88. The number of amides is 2. The number of oxazole rings is 1. The molecule has 2 heterocycles. The fourth-order valence-electron chi connectivity index (χ4n) is 2.53. The summed E-state index contributed by atoms with van der Waals surface area (Å²) in [5.74, 6) is -1.52. The molecule has 0 aliphatic carbocycles. The van der Waals surface area contributed by atoms with Gasteiger partial charge in [-0.2, -0.15) is 0 Å². The fraction of sp³-hybridized carbons (Fsp3) is 0.286. The van der Waals surface area contributed by atoms with Crippen molar-refractivity contribution in [3.63, 3.8) is 0 Å². The van der Waals surface area contributed by atoms with Crippen LogP contribution in [0.3, 0.4) is 0 Å². The topological polar surface area (TPSA) is 98.4 Å². The van der Waals surface area contributed by atoms with E-state index in [4.69, 9.17) is 4.42 Å². The Balaban J connectivity index is 2.12. The van der Waals surface area contributed by atoms with E-state index in [-0.39, 0.29) is 25.2 Å². The number of aldehydes is 1. The van der Waals surface area contributed by atoms with Crippen molar-refractivity contribution in [3.05, 3.63) is 34.3 Å². The molecular weight excluding hydrogens is 276 g/mol. The summed E-state index contributed by atoms with van der Waals surface area (Å²) in [6.07, 6.45) is 1.39. The van der Waals surface area contributed by atoms with Gasteiger partial charge in [0.1, 0.15) is 12.3 Å². The first-order valence-corrected chi connectivity index (χ1v) is 6.51. The van der Waals surface area contributed by atoms with Gasteiger partial charge in [-0.3, -0.25) is 19.5 Å². The molecule has 3 rings (SSSR count). The highest BCUT2D eigenvalue weighted by molar-refractivity contribution is 6.00. The van der Waals surface area contributed by atoms with Gasteiger partial charge < -0.3 is 9.21 Å². The number of carbonyl (C=O) groups is 3. The summed E-state index contributed by atoms with van der Waals surface area (Å²) < 4.78 is 6.36. The van der Waals surface area contributed by atoms with E-state index in [1.165, 1.54) is 4.57 Å². The molecule has 21 heavy (non-hydrogen) atoms. The molecule has 2 aromatic rings. The van der Waals surface area contributed by atoms with E-state index in [1.807, 2.05) is 0 Å². The molecule has 1 aromatic heterocycles. The minimum absolute atomic E-state index is 0.170. The summed E-state index contributed by atoms with van der Waals surface area (Å²) in [5.41, 5.74) is 1.52. The van der Waals surface area contributed by atoms with E-state index < -0.39 is 17.7 Å². The lowest BCUT2D eigenvalue weighted by Crippen LogP contribution is -2.43. The Morgan fingerprint density at radius 2 is 2.14 bits per heavy atom. The van der Waals surface area contributed by atoms with Gasteiger partial charge in [-0.1, -0.05) is 6.07 Å². The van der Waals surface area contributed by atoms with Gasteiger partial charge in [-0.15, -0.1) is 0 Å².